The van der Waals surface area contributed by atoms with Crippen LogP contribution in [-0.4, -0.2) is 24.7 Å². The number of nitrogens with one attached hydrogen (secondary N) is 2. The Hall–Kier alpha value is -2.14. The second-order valence-corrected chi connectivity index (χ2v) is 5.75. The van der Waals surface area contributed by atoms with Crippen LogP contribution >= 0.6 is 0 Å². The van der Waals surface area contributed by atoms with Gasteiger partial charge in [0, 0.05) is 0 Å². The number of alkyl halides is 3. The number of carbonyl (C=O) groups excluding carboxylic acids is 1. The van der Waals surface area contributed by atoms with E-state index < -0.39 is 30.0 Å². The minimum atomic E-state index is -4.66. The first-order valence-electron chi connectivity index (χ1n) is 7.38. The first-order chi connectivity index (χ1) is 11.1. The summed E-state index contributed by atoms with van der Waals surface area (Å²) in [5, 5.41) is 13.1. The fourth-order valence-electron chi connectivity index (χ4n) is 2.21. The number of hydrogen-bond donors (Lipinski definition) is 2. The van der Waals surface area contributed by atoms with Crippen molar-refractivity contribution in [3.05, 3.63) is 35.6 Å². The largest absolute Gasteiger partial charge is 0.407 e. The van der Waals surface area contributed by atoms with Crippen LogP contribution < -0.4 is 10.6 Å². The highest BCUT2D eigenvalue weighted by Gasteiger charge is 2.42. The molecule has 8 heteroatoms. The second-order valence-electron chi connectivity index (χ2n) is 5.75. The lowest BCUT2D eigenvalue weighted by Gasteiger charge is -2.28. The molecular formula is C16H19F4N3O. The highest BCUT2D eigenvalue weighted by atomic mass is 19.4. The molecule has 0 aliphatic rings. The van der Waals surface area contributed by atoms with E-state index in [-0.39, 0.29) is 24.4 Å². The summed E-state index contributed by atoms with van der Waals surface area (Å²) in [6, 6.07) is 2.38. The Kier molecular flexibility index (Phi) is 7.17. The van der Waals surface area contributed by atoms with Crippen LogP contribution in [0.25, 0.3) is 0 Å². The SMILES string of the molecule is CC(C)C[C@H](N[C@H](c1ccc(F)cc1)C(F)(F)F)C(=O)NCC#N. The number of halogens is 4. The van der Waals surface area contributed by atoms with Gasteiger partial charge in [-0.05, 0) is 30.0 Å². The molecule has 132 valence electrons. The van der Waals surface area contributed by atoms with Gasteiger partial charge < -0.3 is 5.32 Å². The van der Waals surface area contributed by atoms with Crippen LogP contribution in [0.5, 0.6) is 0 Å². The summed E-state index contributed by atoms with van der Waals surface area (Å²) in [5.74, 6) is -1.37. The van der Waals surface area contributed by atoms with Crippen LogP contribution in [0.1, 0.15) is 31.9 Å². The number of rotatable bonds is 7. The Bertz CT molecular complexity index is 578. The van der Waals surface area contributed by atoms with Gasteiger partial charge >= 0.3 is 6.18 Å². The van der Waals surface area contributed by atoms with Gasteiger partial charge in [-0.15, -0.1) is 0 Å². The molecule has 0 heterocycles. The monoisotopic (exact) mass is 345 g/mol. The van der Waals surface area contributed by atoms with Crippen molar-refractivity contribution >= 4 is 5.91 Å². The lowest BCUT2D eigenvalue weighted by atomic mass is 9.99. The number of amides is 1. The lowest BCUT2D eigenvalue weighted by molar-refractivity contribution is -0.161. The first kappa shape index (κ1) is 19.9. The van der Waals surface area contributed by atoms with Gasteiger partial charge in [0.2, 0.25) is 5.91 Å². The third-order valence-corrected chi connectivity index (χ3v) is 3.26. The quantitative estimate of drug-likeness (QED) is 0.590. The molecule has 0 aliphatic heterocycles. The van der Waals surface area contributed by atoms with Crippen molar-refractivity contribution in [3.8, 4) is 6.07 Å². The normalized spacial score (nSPS) is 14.1. The summed E-state index contributed by atoms with van der Waals surface area (Å²) >= 11 is 0. The Morgan fingerprint density at radius 1 is 1.25 bits per heavy atom. The average molecular weight is 345 g/mol. The Morgan fingerprint density at radius 3 is 2.29 bits per heavy atom. The standard InChI is InChI=1S/C16H19F4N3O/c1-10(2)9-13(15(24)22-8-7-21)23-14(16(18,19)20)11-3-5-12(17)6-4-11/h3-6,10,13-14,23H,8-9H2,1-2H3,(H,22,24)/t13-,14+/m0/s1. The van der Waals surface area contributed by atoms with Crippen molar-refractivity contribution in [2.75, 3.05) is 6.54 Å². The van der Waals surface area contributed by atoms with Crippen molar-refractivity contribution in [2.45, 2.75) is 38.5 Å². The van der Waals surface area contributed by atoms with E-state index in [1.807, 2.05) is 0 Å². The highest BCUT2D eigenvalue weighted by molar-refractivity contribution is 5.82. The van der Waals surface area contributed by atoms with Crippen molar-refractivity contribution in [3.63, 3.8) is 0 Å². The lowest BCUT2D eigenvalue weighted by Crippen LogP contribution is -2.49. The maximum absolute atomic E-state index is 13.4. The van der Waals surface area contributed by atoms with Crippen LogP contribution in [0.15, 0.2) is 24.3 Å². The molecule has 1 aromatic rings. The van der Waals surface area contributed by atoms with E-state index in [1.54, 1.807) is 19.9 Å². The van der Waals surface area contributed by atoms with Gasteiger partial charge in [-0.2, -0.15) is 18.4 Å². The van der Waals surface area contributed by atoms with Gasteiger partial charge in [0.25, 0.3) is 0 Å². The summed E-state index contributed by atoms with van der Waals surface area (Å²) < 4.78 is 53.1. The van der Waals surface area contributed by atoms with Gasteiger partial charge in [0.1, 0.15) is 18.4 Å². The molecule has 24 heavy (non-hydrogen) atoms. The number of hydrogen-bond acceptors (Lipinski definition) is 3. The molecule has 4 nitrogen and oxygen atoms in total. The van der Waals surface area contributed by atoms with Gasteiger partial charge in [-0.25, -0.2) is 4.39 Å². The molecule has 0 aromatic heterocycles. The van der Waals surface area contributed by atoms with E-state index in [9.17, 15) is 22.4 Å². The minimum absolute atomic E-state index is 0.0440. The molecule has 1 aromatic carbocycles. The van der Waals surface area contributed by atoms with Crippen molar-refractivity contribution < 1.29 is 22.4 Å². The second kappa shape index (κ2) is 8.64. The molecule has 1 amide bonds. The van der Waals surface area contributed by atoms with E-state index in [1.165, 1.54) is 0 Å². The third kappa shape index (κ3) is 6.16. The molecule has 0 fully saturated rings. The van der Waals surface area contributed by atoms with E-state index in [4.69, 9.17) is 5.26 Å². The number of nitrogens with zero attached hydrogens (tertiary/aromatic N) is 1. The van der Waals surface area contributed by atoms with E-state index in [0.717, 1.165) is 24.3 Å². The molecule has 0 bridgehead atoms. The van der Waals surface area contributed by atoms with E-state index in [2.05, 4.69) is 10.6 Å². The molecule has 0 aliphatic carbocycles. The smallest absolute Gasteiger partial charge is 0.342 e. The Balaban J connectivity index is 3.05. The van der Waals surface area contributed by atoms with Crippen LogP contribution in [0, 0.1) is 23.1 Å². The Morgan fingerprint density at radius 2 is 1.83 bits per heavy atom. The maximum atomic E-state index is 13.4. The van der Waals surface area contributed by atoms with Gasteiger partial charge in [-0.3, -0.25) is 10.1 Å². The first-order valence-corrected chi connectivity index (χ1v) is 7.38. The summed E-state index contributed by atoms with van der Waals surface area (Å²) in [4.78, 5) is 12.0. The van der Waals surface area contributed by atoms with Crippen LogP contribution in [0.4, 0.5) is 17.6 Å². The number of carbonyl (C=O) groups is 1. The fourth-order valence-corrected chi connectivity index (χ4v) is 2.21. The number of benzene rings is 1. The molecule has 2 N–H and O–H groups in total. The summed E-state index contributed by atoms with van der Waals surface area (Å²) in [7, 11) is 0. The fraction of sp³-hybridized carbons (Fsp3) is 0.500. The Labute approximate surface area is 137 Å². The molecule has 0 unspecified atom stereocenters. The predicted octanol–water partition coefficient (Wildman–Crippen LogP) is 3.07. The van der Waals surface area contributed by atoms with Crippen LogP contribution in [0.3, 0.4) is 0 Å². The number of nitriles is 1. The van der Waals surface area contributed by atoms with E-state index in [0.29, 0.717) is 0 Å². The van der Waals surface area contributed by atoms with E-state index >= 15 is 0 Å². The van der Waals surface area contributed by atoms with Crippen LogP contribution in [-0.2, 0) is 4.79 Å². The molecule has 2 atom stereocenters. The predicted molar refractivity (Wildman–Crippen MR) is 80.2 cm³/mol. The van der Waals surface area contributed by atoms with Crippen LogP contribution in [0.2, 0.25) is 0 Å². The zero-order chi connectivity index (χ0) is 18.3. The summed E-state index contributed by atoms with van der Waals surface area (Å²) in [6.45, 7) is 3.25. The molecular weight excluding hydrogens is 326 g/mol. The maximum Gasteiger partial charge on any atom is 0.407 e. The minimum Gasteiger partial charge on any atom is -0.342 e. The van der Waals surface area contributed by atoms with Gasteiger partial charge in [0.05, 0.1) is 12.1 Å². The average Bonchev–Trinajstić information content (AvgIpc) is 2.48. The highest BCUT2D eigenvalue weighted by Crippen LogP contribution is 2.33. The summed E-state index contributed by atoms with van der Waals surface area (Å²) in [5.41, 5.74) is -0.189. The molecule has 1 rings (SSSR count). The molecule has 0 saturated heterocycles. The zero-order valence-electron chi connectivity index (χ0n) is 13.3. The van der Waals surface area contributed by atoms with Gasteiger partial charge in [0.15, 0.2) is 0 Å². The zero-order valence-corrected chi connectivity index (χ0v) is 13.3. The van der Waals surface area contributed by atoms with Crippen molar-refractivity contribution in [2.24, 2.45) is 5.92 Å². The van der Waals surface area contributed by atoms with Crippen molar-refractivity contribution in [1.82, 2.24) is 10.6 Å². The topological polar surface area (TPSA) is 64.9 Å². The molecule has 0 saturated carbocycles. The van der Waals surface area contributed by atoms with Crippen molar-refractivity contribution in [1.29, 1.82) is 5.26 Å². The van der Waals surface area contributed by atoms with Gasteiger partial charge in [-0.1, -0.05) is 26.0 Å². The summed E-state index contributed by atoms with van der Waals surface area (Å²) in [6.07, 6.45) is -4.51. The molecule has 0 spiro atoms. The third-order valence-electron chi connectivity index (χ3n) is 3.26. The molecule has 0 radical (unpaired) electrons.